The van der Waals surface area contributed by atoms with Gasteiger partial charge in [-0.05, 0) is 29.9 Å². The van der Waals surface area contributed by atoms with E-state index in [1.807, 2.05) is 0 Å². The summed E-state index contributed by atoms with van der Waals surface area (Å²) in [7, 11) is 0. The van der Waals surface area contributed by atoms with Gasteiger partial charge in [0.15, 0.2) is 4.34 Å². The van der Waals surface area contributed by atoms with Gasteiger partial charge in [-0.1, -0.05) is 31.7 Å². The van der Waals surface area contributed by atoms with Crippen LogP contribution < -0.4 is 0 Å². The Balaban J connectivity index is 2.54. The molecule has 1 heterocycles. The summed E-state index contributed by atoms with van der Waals surface area (Å²) in [5, 5.41) is 0. The number of thiazole rings is 1. The van der Waals surface area contributed by atoms with Crippen molar-refractivity contribution in [2.75, 3.05) is 6.26 Å². The van der Waals surface area contributed by atoms with Gasteiger partial charge in [-0.15, -0.1) is 11.3 Å². The monoisotopic (exact) mass is 223 g/mol. The van der Waals surface area contributed by atoms with Crippen molar-refractivity contribution >= 4 is 33.3 Å². The molecular formula is C11H13NS2. The Morgan fingerprint density at radius 1 is 1.36 bits per heavy atom. The van der Waals surface area contributed by atoms with Crippen LogP contribution in [0.15, 0.2) is 22.5 Å². The molecule has 0 radical (unpaired) electrons. The number of benzene rings is 1. The third-order valence-electron chi connectivity index (χ3n) is 2.23. The van der Waals surface area contributed by atoms with Crippen LogP contribution in [-0.4, -0.2) is 11.2 Å². The van der Waals surface area contributed by atoms with Crippen molar-refractivity contribution in [1.29, 1.82) is 0 Å². The molecule has 0 aliphatic rings. The fourth-order valence-electron chi connectivity index (χ4n) is 1.37. The number of hydrogen-bond acceptors (Lipinski definition) is 3. The highest BCUT2D eigenvalue weighted by Crippen LogP contribution is 2.29. The predicted molar refractivity (Wildman–Crippen MR) is 65.5 cm³/mol. The van der Waals surface area contributed by atoms with E-state index >= 15 is 0 Å². The lowest BCUT2D eigenvalue weighted by molar-refractivity contribution is 0.868. The minimum atomic E-state index is 0.582. The van der Waals surface area contributed by atoms with Gasteiger partial charge in [-0.3, -0.25) is 0 Å². The molecule has 0 N–H and O–H groups in total. The second kappa shape index (κ2) is 3.91. The van der Waals surface area contributed by atoms with Gasteiger partial charge in [0.25, 0.3) is 0 Å². The van der Waals surface area contributed by atoms with Gasteiger partial charge in [-0.2, -0.15) is 0 Å². The molecule has 1 aromatic carbocycles. The molecular weight excluding hydrogens is 210 g/mol. The van der Waals surface area contributed by atoms with E-state index in [0.29, 0.717) is 5.92 Å². The maximum Gasteiger partial charge on any atom is 0.150 e. The van der Waals surface area contributed by atoms with Gasteiger partial charge in [0.2, 0.25) is 0 Å². The first-order chi connectivity index (χ1) is 6.70. The minimum absolute atomic E-state index is 0.582. The molecule has 0 bridgehead atoms. The van der Waals surface area contributed by atoms with E-state index in [0.717, 1.165) is 9.86 Å². The largest absolute Gasteiger partial charge is 0.230 e. The molecule has 0 aliphatic heterocycles. The van der Waals surface area contributed by atoms with Gasteiger partial charge < -0.3 is 0 Å². The first-order valence-corrected chi connectivity index (χ1v) is 6.69. The molecule has 3 heteroatoms. The first-order valence-electron chi connectivity index (χ1n) is 4.65. The van der Waals surface area contributed by atoms with Crippen molar-refractivity contribution in [2.24, 2.45) is 0 Å². The number of fused-ring (bicyclic) bond motifs is 1. The first kappa shape index (κ1) is 9.99. The molecule has 0 spiro atoms. The Hall–Kier alpha value is -0.540. The maximum absolute atomic E-state index is 4.56. The molecule has 74 valence electrons. The van der Waals surface area contributed by atoms with Crippen molar-refractivity contribution in [3.8, 4) is 0 Å². The number of nitrogens with zero attached hydrogens (tertiary/aromatic N) is 1. The van der Waals surface area contributed by atoms with Crippen molar-refractivity contribution in [3.05, 3.63) is 23.8 Å². The second-order valence-electron chi connectivity index (χ2n) is 3.57. The van der Waals surface area contributed by atoms with E-state index in [4.69, 9.17) is 0 Å². The molecule has 0 saturated carbocycles. The Bertz CT molecular complexity index is 445. The summed E-state index contributed by atoms with van der Waals surface area (Å²) in [6, 6.07) is 6.59. The van der Waals surface area contributed by atoms with Crippen LogP contribution >= 0.6 is 23.1 Å². The van der Waals surface area contributed by atoms with Gasteiger partial charge in [0, 0.05) is 0 Å². The Morgan fingerprint density at radius 2 is 2.14 bits per heavy atom. The van der Waals surface area contributed by atoms with E-state index in [-0.39, 0.29) is 0 Å². The zero-order chi connectivity index (χ0) is 10.1. The fourth-order valence-corrected chi connectivity index (χ4v) is 2.84. The topological polar surface area (TPSA) is 12.9 Å². The van der Waals surface area contributed by atoms with Crippen LogP contribution in [0.1, 0.15) is 25.3 Å². The lowest BCUT2D eigenvalue weighted by atomic mass is 10.0. The zero-order valence-electron chi connectivity index (χ0n) is 8.57. The Morgan fingerprint density at radius 3 is 2.79 bits per heavy atom. The summed E-state index contributed by atoms with van der Waals surface area (Å²) < 4.78 is 2.44. The molecule has 2 aromatic rings. The summed E-state index contributed by atoms with van der Waals surface area (Å²) in [6.07, 6.45) is 2.07. The van der Waals surface area contributed by atoms with E-state index < -0.39 is 0 Å². The second-order valence-corrected chi connectivity index (χ2v) is 5.65. The summed E-state index contributed by atoms with van der Waals surface area (Å²) in [6.45, 7) is 4.42. The fraction of sp³-hybridized carbons (Fsp3) is 0.364. The number of aromatic nitrogens is 1. The minimum Gasteiger partial charge on any atom is -0.230 e. The molecule has 1 aromatic heterocycles. The standard InChI is InChI=1S/C11H13NS2/c1-7(2)8-4-5-10-9(6-8)12-11(13-3)14-10/h4-7H,1-3H3. The molecule has 0 amide bonds. The van der Waals surface area contributed by atoms with Crippen LogP contribution in [0.25, 0.3) is 10.2 Å². The maximum atomic E-state index is 4.56. The van der Waals surface area contributed by atoms with Crippen LogP contribution in [-0.2, 0) is 0 Å². The number of hydrogen-bond donors (Lipinski definition) is 0. The molecule has 14 heavy (non-hydrogen) atoms. The van der Waals surface area contributed by atoms with E-state index in [1.54, 1.807) is 23.1 Å². The Labute approximate surface area is 92.6 Å². The van der Waals surface area contributed by atoms with Gasteiger partial charge in [0.1, 0.15) is 0 Å². The highest BCUT2D eigenvalue weighted by molar-refractivity contribution is 8.00. The summed E-state index contributed by atoms with van der Waals surface area (Å²) in [5.74, 6) is 0.582. The average molecular weight is 223 g/mol. The van der Waals surface area contributed by atoms with E-state index in [2.05, 4.69) is 43.3 Å². The van der Waals surface area contributed by atoms with Crippen LogP contribution in [0, 0.1) is 0 Å². The van der Waals surface area contributed by atoms with Crippen LogP contribution in [0.3, 0.4) is 0 Å². The van der Waals surface area contributed by atoms with E-state index in [1.165, 1.54) is 10.3 Å². The van der Waals surface area contributed by atoms with Gasteiger partial charge >= 0.3 is 0 Å². The highest BCUT2D eigenvalue weighted by atomic mass is 32.2. The molecule has 0 fully saturated rings. The summed E-state index contributed by atoms with van der Waals surface area (Å²) in [5.41, 5.74) is 2.51. The molecule has 0 unspecified atom stereocenters. The van der Waals surface area contributed by atoms with Gasteiger partial charge in [-0.25, -0.2) is 4.98 Å². The third-order valence-corrected chi connectivity index (χ3v) is 4.25. The van der Waals surface area contributed by atoms with Crippen LogP contribution in [0.4, 0.5) is 0 Å². The predicted octanol–water partition coefficient (Wildman–Crippen LogP) is 4.14. The summed E-state index contributed by atoms with van der Waals surface area (Å²) in [4.78, 5) is 4.56. The number of rotatable bonds is 2. The Kier molecular flexibility index (Phi) is 2.79. The average Bonchev–Trinajstić information content (AvgIpc) is 2.58. The lowest BCUT2D eigenvalue weighted by Crippen LogP contribution is -1.85. The van der Waals surface area contributed by atoms with E-state index in [9.17, 15) is 0 Å². The molecule has 0 atom stereocenters. The van der Waals surface area contributed by atoms with Crippen molar-refractivity contribution in [1.82, 2.24) is 4.98 Å². The highest BCUT2D eigenvalue weighted by Gasteiger charge is 2.05. The van der Waals surface area contributed by atoms with Crippen LogP contribution in [0.2, 0.25) is 0 Å². The quantitative estimate of drug-likeness (QED) is 0.710. The molecule has 2 rings (SSSR count). The zero-order valence-corrected chi connectivity index (χ0v) is 10.2. The van der Waals surface area contributed by atoms with Gasteiger partial charge in [0.05, 0.1) is 10.2 Å². The summed E-state index contributed by atoms with van der Waals surface area (Å²) >= 11 is 3.49. The lowest BCUT2D eigenvalue weighted by Gasteiger charge is -2.03. The van der Waals surface area contributed by atoms with Crippen LogP contribution in [0.5, 0.6) is 0 Å². The smallest absolute Gasteiger partial charge is 0.150 e. The molecule has 1 nitrogen and oxygen atoms in total. The third kappa shape index (κ3) is 1.79. The number of thioether (sulfide) groups is 1. The molecule has 0 aliphatic carbocycles. The molecule has 0 saturated heterocycles. The normalized spacial score (nSPS) is 11.4. The van der Waals surface area contributed by atoms with Crippen molar-refractivity contribution in [3.63, 3.8) is 0 Å². The van der Waals surface area contributed by atoms with Crippen molar-refractivity contribution < 1.29 is 0 Å². The van der Waals surface area contributed by atoms with Crippen molar-refractivity contribution in [2.45, 2.75) is 24.1 Å². The SMILES string of the molecule is CSc1nc2cc(C(C)C)ccc2s1.